The molecule has 4 N–H and O–H groups in total. The molecule has 0 bridgehead atoms. The Hall–Kier alpha value is -2.68. The molecule has 8 nitrogen and oxygen atoms in total. The highest BCUT2D eigenvalue weighted by molar-refractivity contribution is 7.19. The average molecular weight is 368 g/mol. The lowest BCUT2D eigenvalue weighted by atomic mass is 9.93. The number of nitrogen functional groups attached to an aromatic ring is 1. The first kappa shape index (κ1) is 15.6. The van der Waals surface area contributed by atoms with E-state index >= 15 is 0 Å². The predicted molar refractivity (Wildman–Crippen MR) is 102 cm³/mol. The van der Waals surface area contributed by atoms with Crippen LogP contribution in [0.5, 0.6) is 0 Å². The number of hydrogen-bond donors (Lipinski definition) is 3. The molecule has 0 aromatic carbocycles. The number of nitrogens with two attached hydrogens (primary N) is 1. The highest BCUT2D eigenvalue weighted by Crippen LogP contribution is 2.42. The largest absolute Gasteiger partial charge is 0.389 e. The van der Waals surface area contributed by atoms with Gasteiger partial charge in [0.15, 0.2) is 16.4 Å². The Labute approximate surface area is 153 Å². The lowest BCUT2D eigenvalue weighted by molar-refractivity contribution is 0.451. The maximum absolute atomic E-state index is 5.80. The monoisotopic (exact) mass is 368 g/mol. The van der Waals surface area contributed by atoms with Crippen molar-refractivity contribution in [2.45, 2.75) is 38.1 Å². The van der Waals surface area contributed by atoms with E-state index in [9.17, 15) is 0 Å². The zero-order valence-corrected chi connectivity index (χ0v) is 15.2. The van der Waals surface area contributed by atoms with Crippen LogP contribution in [0.3, 0.4) is 0 Å². The molecule has 1 saturated carbocycles. The van der Waals surface area contributed by atoms with Crippen LogP contribution >= 0.6 is 11.3 Å². The summed E-state index contributed by atoms with van der Waals surface area (Å²) in [5, 5.41) is 14.1. The van der Waals surface area contributed by atoms with Crippen molar-refractivity contribution in [1.82, 2.24) is 29.5 Å². The van der Waals surface area contributed by atoms with Crippen LogP contribution in [-0.4, -0.2) is 35.6 Å². The molecule has 4 heterocycles. The van der Waals surface area contributed by atoms with Crippen molar-refractivity contribution in [2.75, 3.05) is 11.1 Å². The van der Waals surface area contributed by atoms with Gasteiger partial charge in [-0.1, -0.05) is 24.7 Å². The summed E-state index contributed by atoms with van der Waals surface area (Å²) < 4.78 is 2.15. The van der Waals surface area contributed by atoms with Crippen molar-refractivity contribution < 1.29 is 0 Å². The summed E-state index contributed by atoms with van der Waals surface area (Å²) in [6.07, 6.45) is 8.60. The predicted octanol–water partition coefficient (Wildman–Crippen LogP) is 3.03. The van der Waals surface area contributed by atoms with E-state index in [1.54, 1.807) is 12.4 Å². The van der Waals surface area contributed by atoms with Crippen molar-refractivity contribution in [3.63, 3.8) is 0 Å². The minimum atomic E-state index is 0.352. The Bertz CT molecular complexity index is 1060. The minimum Gasteiger partial charge on any atom is -0.389 e. The molecule has 0 spiro atoms. The highest BCUT2D eigenvalue weighted by atomic mass is 32.1. The first-order valence-corrected chi connectivity index (χ1v) is 9.69. The average Bonchev–Trinajstić information content (AvgIpc) is 3.39. The number of rotatable bonds is 4. The first-order valence-electron chi connectivity index (χ1n) is 8.88. The number of anilines is 2. The van der Waals surface area contributed by atoms with Gasteiger partial charge in [-0.25, -0.2) is 9.97 Å². The van der Waals surface area contributed by atoms with E-state index in [0.717, 1.165) is 52.0 Å². The molecule has 26 heavy (non-hydrogen) atoms. The summed E-state index contributed by atoms with van der Waals surface area (Å²) in [6.45, 7) is 2.25. The molecule has 134 valence electrons. The summed E-state index contributed by atoms with van der Waals surface area (Å²) in [7, 11) is 0. The molecule has 1 aliphatic rings. The number of aromatic amines is 1. The smallest absolute Gasteiger partial charge is 0.184 e. The van der Waals surface area contributed by atoms with Crippen LogP contribution in [0.15, 0.2) is 24.7 Å². The van der Waals surface area contributed by atoms with Gasteiger partial charge in [-0.05, 0) is 24.8 Å². The van der Waals surface area contributed by atoms with Gasteiger partial charge in [0.2, 0.25) is 0 Å². The standard InChI is InChI=1S/C17H20N8S/c1-2-9-5-10(22-17-21-7-13(18)26-17)6-11(9)16-24-23-14-8-20-15-12(25(14)16)3-4-19-15/h3-4,7-11,19H,2,5-6,18H2,1H3,(H,21,22)/t9-,10+,11+/m1/s1. The maximum atomic E-state index is 5.80. The van der Waals surface area contributed by atoms with Gasteiger partial charge in [0, 0.05) is 18.2 Å². The van der Waals surface area contributed by atoms with Crippen molar-refractivity contribution in [1.29, 1.82) is 0 Å². The number of hydrogen-bond acceptors (Lipinski definition) is 7. The molecule has 3 atom stereocenters. The number of aromatic nitrogens is 6. The molecular formula is C17H20N8S. The van der Waals surface area contributed by atoms with Gasteiger partial charge < -0.3 is 16.0 Å². The van der Waals surface area contributed by atoms with E-state index in [1.165, 1.54) is 11.3 Å². The Morgan fingerprint density at radius 1 is 1.31 bits per heavy atom. The molecule has 1 fully saturated rings. The van der Waals surface area contributed by atoms with E-state index in [0.29, 0.717) is 17.9 Å². The zero-order chi connectivity index (χ0) is 17.7. The normalized spacial score (nSPS) is 23.2. The fourth-order valence-corrected chi connectivity index (χ4v) is 4.84. The molecule has 0 amide bonds. The summed E-state index contributed by atoms with van der Waals surface area (Å²) >= 11 is 1.50. The van der Waals surface area contributed by atoms with Gasteiger partial charge >= 0.3 is 0 Å². The second kappa shape index (κ2) is 5.94. The maximum Gasteiger partial charge on any atom is 0.184 e. The van der Waals surface area contributed by atoms with Crippen molar-refractivity contribution in [2.24, 2.45) is 5.92 Å². The van der Waals surface area contributed by atoms with Crippen LogP contribution in [0.1, 0.15) is 37.9 Å². The van der Waals surface area contributed by atoms with Crippen LogP contribution in [0.2, 0.25) is 0 Å². The second-order valence-corrected chi connectivity index (χ2v) is 7.94. The molecular weight excluding hydrogens is 348 g/mol. The molecule has 0 radical (unpaired) electrons. The van der Waals surface area contributed by atoms with Crippen LogP contribution in [0.25, 0.3) is 16.8 Å². The Balaban J connectivity index is 1.50. The molecule has 9 heteroatoms. The number of nitrogens with zero attached hydrogens (tertiary/aromatic N) is 5. The van der Waals surface area contributed by atoms with Gasteiger partial charge in [-0.3, -0.25) is 4.40 Å². The summed E-state index contributed by atoms with van der Waals surface area (Å²) in [5.41, 5.74) is 8.49. The first-order chi connectivity index (χ1) is 12.7. The highest BCUT2D eigenvalue weighted by Gasteiger charge is 2.37. The van der Waals surface area contributed by atoms with E-state index in [1.807, 2.05) is 12.3 Å². The van der Waals surface area contributed by atoms with E-state index in [2.05, 4.69) is 41.8 Å². The van der Waals surface area contributed by atoms with E-state index in [-0.39, 0.29) is 0 Å². The van der Waals surface area contributed by atoms with Crippen LogP contribution in [0.4, 0.5) is 10.1 Å². The molecule has 4 aromatic rings. The summed E-state index contributed by atoms with van der Waals surface area (Å²) in [5.74, 6) is 1.94. The Kier molecular flexibility index (Phi) is 3.56. The zero-order valence-electron chi connectivity index (χ0n) is 14.4. The van der Waals surface area contributed by atoms with E-state index in [4.69, 9.17) is 5.73 Å². The molecule has 0 aliphatic heterocycles. The van der Waals surface area contributed by atoms with E-state index < -0.39 is 0 Å². The van der Waals surface area contributed by atoms with Gasteiger partial charge in [0.1, 0.15) is 10.8 Å². The van der Waals surface area contributed by atoms with Crippen molar-refractivity contribution >= 4 is 38.3 Å². The third-order valence-electron chi connectivity index (χ3n) is 5.37. The summed E-state index contributed by atoms with van der Waals surface area (Å²) in [4.78, 5) is 11.9. The van der Waals surface area contributed by atoms with Gasteiger partial charge in [-0.15, -0.1) is 10.2 Å². The Morgan fingerprint density at radius 2 is 2.23 bits per heavy atom. The van der Waals surface area contributed by atoms with Crippen LogP contribution < -0.4 is 11.1 Å². The molecule has 1 aliphatic carbocycles. The topological polar surface area (TPSA) is 110 Å². The van der Waals surface area contributed by atoms with Crippen molar-refractivity contribution in [3.05, 3.63) is 30.5 Å². The lowest BCUT2D eigenvalue weighted by Crippen LogP contribution is -2.15. The third kappa shape index (κ3) is 2.42. The molecule has 5 rings (SSSR count). The third-order valence-corrected chi connectivity index (χ3v) is 6.13. The lowest BCUT2D eigenvalue weighted by Gasteiger charge is -2.15. The quantitative estimate of drug-likeness (QED) is 0.511. The fraction of sp³-hybridized carbons (Fsp3) is 0.412. The number of thiazole rings is 1. The second-order valence-electron chi connectivity index (χ2n) is 6.88. The summed E-state index contributed by atoms with van der Waals surface area (Å²) in [6, 6.07) is 2.40. The Morgan fingerprint density at radius 3 is 3.04 bits per heavy atom. The van der Waals surface area contributed by atoms with Gasteiger partial charge in [-0.2, -0.15) is 0 Å². The SMILES string of the molecule is CC[C@@H]1C[C@H](Nc2ncc(N)s2)C[C@@H]1c1nnc2cnc3[nH]ccc3n12. The molecule has 4 aromatic heterocycles. The van der Waals surface area contributed by atoms with Gasteiger partial charge in [0.25, 0.3) is 0 Å². The van der Waals surface area contributed by atoms with Crippen molar-refractivity contribution in [3.8, 4) is 0 Å². The van der Waals surface area contributed by atoms with Crippen LogP contribution in [-0.2, 0) is 0 Å². The molecule has 0 saturated heterocycles. The number of nitrogens with one attached hydrogen (secondary N) is 2. The number of fused-ring (bicyclic) bond motifs is 3. The van der Waals surface area contributed by atoms with Crippen LogP contribution in [0, 0.1) is 5.92 Å². The number of H-pyrrole nitrogens is 1. The minimum absolute atomic E-state index is 0.352. The fourth-order valence-electron chi connectivity index (χ4n) is 4.18. The molecule has 0 unspecified atom stereocenters. The van der Waals surface area contributed by atoms with Gasteiger partial charge in [0.05, 0.1) is 17.9 Å².